The standard InChI is InChI=1S/C21H13N7S/c22-10-13-2-1-3-15(8-13)17-6-7-20-25-26-21(28(20)27-17)16(11-23)14-4-5-18-19(9-14)29-12-24-18/h1-9,11-12,16,23H. The first-order chi connectivity index (χ1) is 14.3. The molecule has 0 saturated carbocycles. The van der Waals surface area contributed by atoms with Crippen LogP contribution in [0.4, 0.5) is 0 Å². The van der Waals surface area contributed by atoms with Gasteiger partial charge in [0.25, 0.3) is 0 Å². The Morgan fingerprint density at radius 3 is 2.90 bits per heavy atom. The molecule has 0 amide bonds. The lowest BCUT2D eigenvalue weighted by atomic mass is 9.99. The molecule has 0 saturated heterocycles. The molecule has 0 spiro atoms. The van der Waals surface area contributed by atoms with E-state index in [0.717, 1.165) is 21.3 Å². The first-order valence-corrected chi connectivity index (χ1v) is 9.71. The van der Waals surface area contributed by atoms with Crippen molar-refractivity contribution >= 4 is 33.4 Å². The maximum atomic E-state index is 9.16. The van der Waals surface area contributed by atoms with Crippen molar-refractivity contribution in [2.45, 2.75) is 5.92 Å². The predicted molar refractivity (Wildman–Crippen MR) is 111 cm³/mol. The van der Waals surface area contributed by atoms with Crippen LogP contribution in [0.5, 0.6) is 0 Å². The fraction of sp³-hybridized carbons (Fsp3) is 0.0476. The second-order valence-corrected chi connectivity index (χ2v) is 7.35. The summed E-state index contributed by atoms with van der Waals surface area (Å²) in [4.78, 5) is 4.31. The monoisotopic (exact) mass is 395 g/mol. The third-order valence-electron chi connectivity index (χ3n) is 4.73. The topological polar surface area (TPSA) is 104 Å². The van der Waals surface area contributed by atoms with Crippen LogP contribution in [0.15, 0.2) is 60.1 Å². The van der Waals surface area contributed by atoms with Gasteiger partial charge >= 0.3 is 0 Å². The highest BCUT2D eigenvalue weighted by molar-refractivity contribution is 7.16. The molecule has 0 fully saturated rings. The Morgan fingerprint density at radius 1 is 1.10 bits per heavy atom. The van der Waals surface area contributed by atoms with E-state index in [2.05, 4.69) is 21.3 Å². The van der Waals surface area contributed by atoms with E-state index in [-0.39, 0.29) is 5.92 Å². The van der Waals surface area contributed by atoms with Gasteiger partial charge in [0.05, 0.1) is 39.0 Å². The first-order valence-electron chi connectivity index (χ1n) is 8.83. The summed E-state index contributed by atoms with van der Waals surface area (Å²) < 4.78 is 2.73. The summed E-state index contributed by atoms with van der Waals surface area (Å²) in [5.74, 6) is 0.182. The average Bonchev–Trinajstić information content (AvgIpc) is 3.41. The van der Waals surface area contributed by atoms with Crippen molar-refractivity contribution in [3.63, 3.8) is 0 Å². The second kappa shape index (κ2) is 6.89. The fourth-order valence-corrected chi connectivity index (χ4v) is 4.01. The van der Waals surface area contributed by atoms with Crippen LogP contribution in [0.3, 0.4) is 0 Å². The van der Waals surface area contributed by atoms with Crippen molar-refractivity contribution in [3.05, 3.63) is 77.1 Å². The Labute approximate surface area is 169 Å². The van der Waals surface area contributed by atoms with Gasteiger partial charge in [0.1, 0.15) is 0 Å². The lowest BCUT2D eigenvalue weighted by molar-refractivity contribution is 0.817. The normalized spacial score (nSPS) is 12.1. The number of hydrogen-bond acceptors (Lipinski definition) is 7. The van der Waals surface area contributed by atoms with Crippen LogP contribution in [0, 0.1) is 16.7 Å². The Kier molecular flexibility index (Phi) is 4.08. The molecule has 1 unspecified atom stereocenters. The van der Waals surface area contributed by atoms with Crippen LogP contribution < -0.4 is 0 Å². The number of nitrogens with zero attached hydrogens (tertiary/aromatic N) is 6. The summed E-state index contributed by atoms with van der Waals surface area (Å²) in [5.41, 5.74) is 6.40. The number of thiazole rings is 1. The number of nitriles is 1. The van der Waals surface area contributed by atoms with Crippen molar-refractivity contribution in [1.82, 2.24) is 24.8 Å². The SMILES string of the molecule is N#Cc1cccc(-c2ccc3nnc(C(C=N)c4ccc5ncsc5c4)n3n2)c1. The van der Waals surface area contributed by atoms with Crippen LogP contribution in [0.2, 0.25) is 0 Å². The van der Waals surface area contributed by atoms with Crippen LogP contribution in [-0.2, 0) is 0 Å². The summed E-state index contributed by atoms with van der Waals surface area (Å²) >= 11 is 1.56. The van der Waals surface area contributed by atoms with Gasteiger partial charge in [-0.1, -0.05) is 18.2 Å². The third kappa shape index (κ3) is 2.94. The molecule has 0 radical (unpaired) electrons. The van der Waals surface area contributed by atoms with Crippen molar-refractivity contribution in [1.29, 1.82) is 10.7 Å². The zero-order chi connectivity index (χ0) is 19.8. The summed E-state index contributed by atoms with van der Waals surface area (Å²) in [5, 5.41) is 30.4. The van der Waals surface area contributed by atoms with Crippen LogP contribution >= 0.6 is 11.3 Å². The Hall–Kier alpha value is -3.96. The van der Waals surface area contributed by atoms with Gasteiger partial charge in [0.2, 0.25) is 0 Å². The van der Waals surface area contributed by atoms with Crippen LogP contribution in [0.1, 0.15) is 22.9 Å². The number of rotatable bonds is 4. The highest BCUT2D eigenvalue weighted by Gasteiger charge is 2.20. The van der Waals surface area contributed by atoms with Crippen LogP contribution in [-0.4, -0.2) is 31.0 Å². The van der Waals surface area contributed by atoms with Gasteiger partial charge < -0.3 is 5.41 Å². The van der Waals surface area contributed by atoms with E-state index in [1.54, 1.807) is 28.0 Å². The molecule has 0 bridgehead atoms. The predicted octanol–water partition coefficient (Wildman–Crippen LogP) is 4.05. The van der Waals surface area contributed by atoms with E-state index >= 15 is 0 Å². The minimum Gasteiger partial charge on any atom is -0.312 e. The molecule has 0 aliphatic rings. The van der Waals surface area contributed by atoms with Crippen LogP contribution in [0.25, 0.3) is 27.1 Å². The number of fused-ring (bicyclic) bond motifs is 2. The van der Waals surface area contributed by atoms with E-state index < -0.39 is 0 Å². The van der Waals surface area contributed by atoms with Gasteiger partial charge in [0.15, 0.2) is 11.5 Å². The van der Waals surface area contributed by atoms with Crippen molar-refractivity contribution in [3.8, 4) is 17.3 Å². The number of hydrogen-bond donors (Lipinski definition) is 1. The molecule has 0 aliphatic heterocycles. The Bertz CT molecular complexity index is 1410. The molecule has 1 N–H and O–H groups in total. The van der Waals surface area contributed by atoms with Gasteiger partial charge in [-0.25, -0.2) is 4.98 Å². The summed E-state index contributed by atoms with van der Waals surface area (Å²) in [6.07, 6.45) is 1.35. The molecule has 7 nitrogen and oxygen atoms in total. The molecular weight excluding hydrogens is 382 g/mol. The lowest BCUT2D eigenvalue weighted by Crippen LogP contribution is -2.09. The second-order valence-electron chi connectivity index (χ2n) is 6.46. The molecule has 0 aliphatic carbocycles. The highest BCUT2D eigenvalue weighted by atomic mass is 32.1. The van der Waals surface area contributed by atoms with E-state index in [9.17, 15) is 0 Å². The molecule has 1 atom stereocenters. The molecular formula is C21H13N7S. The van der Waals surface area contributed by atoms with Gasteiger partial charge in [-0.15, -0.1) is 21.5 Å². The molecule has 5 rings (SSSR count). The highest BCUT2D eigenvalue weighted by Crippen LogP contribution is 2.27. The largest absolute Gasteiger partial charge is 0.312 e. The maximum absolute atomic E-state index is 9.16. The molecule has 2 aromatic carbocycles. The zero-order valence-electron chi connectivity index (χ0n) is 15.0. The van der Waals surface area contributed by atoms with Crippen molar-refractivity contribution in [2.24, 2.45) is 0 Å². The molecule has 3 heterocycles. The number of aromatic nitrogens is 5. The van der Waals surface area contributed by atoms with E-state index in [1.807, 2.05) is 48.0 Å². The van der Waals surface area contributed by atoms with E-state index in [0.29, 0.717) is 22.7 Å². The number of benzene rings is 2. The minimum atomic E-state index is -0.385. The van der Waals surface area contributed by atoms with Gasteiger partial charge in [-0.2, -0.15) is 14.9 Å². The van der Waals surface area contributed by atoms with Gasteiger partial charge in [-0.05, 0) is 42.0 Å². The van der Waals surface area contributed by atoms with E-state index in [1.165, 1.54) is 6.21 Å². The number of nitrogens with one attached hydrogen (secondary N) is 1. The summed E-state index contributed by atoms with van der Waals surface area (Å²) in [7, 11) is 0. The van der Waals surface area contributed by atoms with Gasteiger partial charge in [-0.3, -0.25) is 0 Å². The molecule has 29 heavy (non-hydrogen) atoms. The fourth-order valence-electron chi connectivity index (χ4n) is 3.29. The molecule has 3 aromatic heterocycles. The van der Waals surface area contributed by atoms with E-state index in [4.69, 9.17) is 15.8 Å². The minimum absolute atomic E-state index is 0.385. The maximum Gasteiger partial charge on any atom is 0.177 e. The molecule has 5 aromatic rings. The van der Waals surface area contributed by atoms with Gasteiger partial charge in [0, 0.05) is 11.8 Å². The smallest absolute Gasteiger partial charge is 0.177 e. The Balaban J connectivity index is 1.63. The first kappa shape index (κ1) is 17.2. The summed E-state index contributed by atoms with van der Waals surface area (Å²) in [6, 6.07) is 19.1. The average molecular weight is 395 g/mol. The molecule has 138 valence electrons. The summed E-state index contributed by atoms with van der Waals surface area (Å²) in [6.45, 7) is 0. The molecule has 8 heteroatoms. The van der Waals surface area contributed by atoms with Crippen molar-refractivity contribution in [2.75, 3.05) is 0 Å². The quantitative estimate of drug-likeness (QED) is 0.462. The lowest BCUT2D eigenvalue weighted by Gasteiger charge is -2.11. The third-order valence-corrected chi connectivity index (χ3v) is 5.53. The Morgan fingerprint density at radius 2 is 2.03 bits per heavy atom. The zero-order valence-corrected chi connectivity index (χ0v) is 15.8. The van der Waals surface area contributed by atoms with Crippen molar-refractivity contribution < 1.29 is 0 Å².